The maximum atomic E-state index is 13.0. The lowest BCUT2D eigenvalue weighted by Gasteiger charge is -2.01. The number of nitrogens with zero attached hydrogens (tertiary/aromatic N) is 1. The third-order valence-electron chi connectivity index (χ3n) is 1.63. The fraction of sp³-hybridized carbons (Fsp3) is 0.417. The number of esters is 1. The van der Waals surface area contributed by atoms with Crippen LogP contribution in [0.2, 0.25) is 0 Å². The summed E-state index contributed by atoms with van der Waals surface area (Å²) in [6, 6.07) is 1.01. The number of ether oxygens (including phenoxy) is 1. The zero-order chi connectivity index (χ0) is 15.6. The number of rotatable bonds is 2. The Balaban J connectivity index is 0. The van der Waals surface area contributed by atoms with E-state index in [1.807, 2.05) is 27.7 Å². The predicted molar refractivity (Wildman–Crippen MR) is 67.0 cm³/mol. The summed E-state index contributed by atoms with van der Waals surface area (Å²) in [4.78, 5) is 20.3. The Kier molecular flexibility index (Phi) is 10.1. The van der Waals surface area contributed by atoms with E-state index in [2.05, 4.69) is 4.74 Å². The number of carbonyl (C=O) groups is 1. The smallest absolute Gasteiger partial charge is 0.341 e. The second kappa shape index (κ2) is 9.93. The molecule has 0 amide bonds. The molecule has 19 heavy (non-hydrogen) atoms. The molecule has 1 aromatic rings. The van der Waals surface area contributed by atoms with Crippen molar-refractivity contribution in [2.24, 2.45) is 0 Å². The van der Waals surface area contributed by atoms with Crippen LogP contribution in [0.4, 0.5) is 14.5 Å². The van der Waals surface area contributed by atoms with E-state index >= 15 is 0 Å². The van der Waals surface area contributed by atoms with Gasteiger partial charge in [-0.15, -0.1) is 0 Å². The fourth-order valence-corrected chi connectivity index (χ4v) is 0.939. The van der Waals surface area contributed by atoms with Gasteiger partial charge in [-0.1, -0.05) is 27.7 Å². The second-order valence-corrected chi connectivity index (χ2v) is 2.54. The van der Waals surface area contributed by atoms with Crippen molar-refractivity contribution in [2.45, 2.75) is 27.7 Å². The van der Waals surface area contributed by atoms with Gasteiger partial charge in [-0.2, -0.15) is 0 Å². The molecule has 0 heterocycles. The van der Waals surface area contributed by atoms with Crippen LogP contribution in [-0.4, -0.2) is 18.0 Å². The van der Waals surface area contributed by atoms with Gasteiger partial charge in [0, 0.05) is 6.07 Å². The Hall–Kier alpha value is -2.05. The van der Waals surface area contributed by atoms with Gasteiger partial charge in [0.15, 0.2) is 11.6 Å². The van der Waals surface area contributed by atoms with Gasteiger partial charge in [-0.05, 0) is 0 Å². The van der Waals surface area contributed by atoms with Crippen LogP contribution < -0.4 is 0 Å². The molecule has 0 aliphatic rings. The van der Waals surface area contributed by atoms with Gasteiger partial charge in [0.2, 0.25) is 0 Å². The number of nitro groups is 1. The van der Waals surface area contributed by atoms with Crippen molar-refractivity contribution in [2.75, 3.05) is 7.11 Å². The molecule has 0 unspecified atom stereocenters. The summed E-state index contributed by atoms with van der Waals surface area (Å²) in [6.45, 7) is 8.00. The lowest BCUT2D eigenvalue weighted by atomic mass is 10.2. The van der Waals surface area contributed by atoms with E-state index in [-0.39, 0.29) is 0 Å². The van der Waals surface area contributed by atoms with E-state index in [0.717, 1.165) is 7.11 Å². The highest BCUT2D eigenvalue weighted by Gasteiger charge is 2.21. The molecule has 5 nitrogen and oxygen atoms in total. The molecule has 0 aliphatic heterocycles. The quantitative estimate of drug-likeness (QED) is 0.469. The molecule has 7 heteroatoms. The third-order valence-corrected chi connectivity index (χ3v) is 1.63. The number of hydrogen-bond acceptors (Lipinski definition) is 4. The molecule has 0 radical (unpaired) electrons. The lowest BCUT2D eigenvalue weighted by molar-refractivity contribution is -0.385. The molecular weight excluding hydrogens is 260 g/mol. The first-order valence-corrected chi connectivity index (χ1v) is 5.69. The molecular formula is C12H17F2NO4. The molecule has 0 saturated heterocycles. The Morgan fingerprint density at radius 2 is 1.68 bits per heavy atom. The minimum Gasteiger partial charge on any atom is -0.465 e. The Morgan fingerprint density at radius 1 is 1.21 bits per heavy atom. The van der Waals surface area contributed by atoms with Crippen LogP contribution in [0.1, 0.15) is 38.1 Å². The zero-order valence-corrected chi connectivity index (χ0v) is 11.5. The van der Waals surface area contributed by atoms with Crippen molar-refractivity contribution in [3.05, 3.63) is 39.4 Å². The van der Waals surface area contributed by atoms with E-state index in [0.29, 0.717) is 12.1 Å². The molecule has 0 N–H and O–H groups in total. The molecule has 1 rings (SSSR count). The predicted octanol–water partition coefficient (Wildman–Crippen LogP) is 3.71. The highest BCUT2D eigenvalue weighted by molar-refractivity contribution is 5.90. The van der Waals surface area contributed by atoms with Crippen LogP contribution in [0, 0.1) is 21.7 Å². The fourth-order valence-electron chi connectivity index (χ4n) is 0.939. The highest BCUT2D eigenvalue weighted by Crippen LogP contribution is 2.20. The lowest BCUT2D eigenvalue weighted by Crippen LogP contribution is -2.07. The molecule has 0 bridgehead atoms. The normalized spacial score (nSPS) is 8.37. The minimum atomic E-state index is -1.47. The minimum absolute atomic E-state index is 0.391. The topological polar surface area (TPSA) is 69.4 Å². The Labute approximate surface area is 110 Å². The van der Waals surface area contributed by atoms with Gasteiger partial charge >= 0.3 is 5.97 Å². The standard InChI is InChI=1S/C8H5F2NO4.2C2H6/c1-15-8(12)5-2-4(11(13)14)3-6(9)7(5)10;2*1-2/h2-3H,1H3;2*1-2H3. The van der Waals surface area contributed by atoms with Crippen molar-refractivity contribution in [1.82, 2.24) is 0 Å². The molecule has 0 fully saturated rings. The van der Waals surface area contributed by atoms with Crippen LogP contribution in [-0.2, 0) is 4.74 Å². The number of methoxy groups -OCH3 is 1. The summed E-state index contributed by atoms with van der Waals surface area (Å²) in [6.07, 6.45) is 0. The van der Waals surface area contributed by atoms with Gasteiger partial charge in [0.1, 0.15) is 5.56 Å². The summed E-state index contributed by atoms with van der Waals surface area (Å²) < 4.78 is 29.9. The number of hydrogen-bond donors (Lipinski definition) is 0. The first kappa shape index (κ1) is 19.3. The molecule has 108 valence electrons. The summed E-state index contributed by atoms with van der Waals surface area (Å²) in [5, 5.41) is 10.3. The maximum Gasteiger partial charge on any atom is 0.341 e. The zero-order valence-electron chi connectivity index (χ0n) is 11.5. The molecule has 1 aromatic carbocycles. The van der Waals surface area contributed by atoms with E-state index in [4.69, 9.17) is 0 Å². The van der Waals surface area contributed by atoms with Gasteiger partial charge in [0.05, 0.1) is 18.1 Å². The number of benzene rings is 1. The average molecular weight is 277 g/mol. The summed E-state index contributed by atoms with van der Waals surface area (Å²) in [5.41, 5.74) is -1.52. The first-order chi connectivity index (χ1) is 8.97. The first-order valence-electron chi connectivity index (χ1n) is 5.69. The average Bonchev–Trinajstić information content (AvgIpc) is 2.45. The van der Waals surface area contributed by atoms with Crippen LogP contribution in [0.3, 0.4) is 0 Å². The Morgan fingerprint density at radius 3 is 2.05 bits per heavy atom. The number of halogens is 2. The molecule has 0 saturated carbocycles. The number of carbonyl (C=O) groups excluding carboxylic acids is 1. The van der Waals surface area contributed by atoms with E-state index in [1.54, 1.807) is 0 Å². The van der Waals surface area contributed by atoms with Gasteiger partial charge < -0.3 is 4.74 Å². The summed E-state index contributed by atoms with van der Waals surface area (Å²) >= 11 is 0. The maximum absolute atomic E-state index is 13.0. The largest absolute Gasteiger partial charge is 0.465 e. The van der Waals surface area contributed by atoms with Gasteiger partial charge in [-0.25, -0.2) is 13.6 Å². The van der Waals surface area contributed by atoms with Gasteiger partial charge in [0.25, 0.3) is 5.69 Å². The highest BCUT2D eigenvalue weighted by atomic mass is 19.2. The van der Waals surface area contributed by atoms with E-state index in [1.165, 1.54) is 0 Å². The summed E-state index contributed by atoms with van der Waals surface area (Å²) in [5.74, 6) is -4.10. The van der Waals surface area contributed by atoms with Crippen molar-refractivity contribution in [1.29, 1.82) is 0 Å². The van der Waals surface area contributed by atoms with Crippen molar-refractivity contribution in [3.8, 4) is 0 Å². The van der Waals surface area contributed by atoms with Crippen molar-refractivity contribution >= 4 is 11.7 Å². The SMILES string of the molecule is CC.CC.COC(=O)c1cc([N+](=O)[O-])cc(F)c1F. The van der Waals surface area contributed by atoms with Crippen molar-refractivity contribution in [3.63, 3.8) is 0 Å². The molecule has 0 aliphatic carbocycles. The summed E-state index contributed by atoms with van der Waals surface area (Å²) in [7, 11) is 0.957. The Bertz CT molecular complexity index is 436. The van der Waals surface area contributed by atoms with Gasteiger partial charge in [-0.3, -0.25) is 10.1 Å². The second-order valence-electron chi connectivity index (χ2n) is 2.54. The van der Waals surface area contributed by atoms with Crippen LogP contribution in [0.25, 0.3) is 0 Å². The molecule has 0 spiro atoms. The van der Waals surface area contributed by atoms with Crippen LogP contribution in [0.15, 0.2) is 12.1 Å². The monoisotopic (exact) mass is 277 g/mol. The number of non-ortho nitro benzene ring substituents is 1. The van der Waals surface area contributed by atoms with Crippen LogP contribution in [0.5, 0.6) is 0 Å². The van der Waals surface area contributed by atoms with Crippen LogP contribution >= 0.6 is 0 Å². The molecule has 0 atom stereocenters. The van der Waals surface area contributed by atoms with E-state index < -0.39 is 33.8 Å². The van der Waals surface area contributed by atoms with E-state index in [9.17, 15) is 23.7 Å². The van der Waals surface area contributed by atoms with Crippen molar-refractivity contribution < 1.29 is 23.2 Å². The third kappa shape index (κ3) is 5.41. The number of nitro benzene ring substituents is 1. The molecule has 0 aromatic heterocycles.